The van der Waals surface area contributed by atoms with Crippen molar-refractivity contribution in [2.24, 2.45) is 0 Å². The number of nitrogens with one attached hydrogen (secondary N) is 1. The minimum Gasteiger partial charge on any atom is -0.394 e. The summed E-state index contributed by atoms with van der Waals surface area (Å²) in [7, 11) is 0. The molecule has 3 unspecified atom stereocenters. The van der Waals surface area contributed by atoms with Crippen LogP contribution in [0.5, 0.6) is 0 Å². The molecule has 15 heavy (non-hydrogen) atoms. The van der Waals surface area contributed by atoms with Gasteiger partial charge >= 0.3 is 0 Å². The van der Waals surface area contributed by atoms with E-state index in [-0.39, 0.29) is 0 Å². The van der Waals surface area contributed by atoms with Gasteiger partial charge in [-0.05, 0) is 0 Å². The molecular formula is C8H14FNO5. The number of carbonyl (C=O) groups excluding carboxylic acids is 1. The molecule has 0 aromatic rings. The zero-order valence-corrected chi connectivity index (χ0v) is 8.13. The summed E-state index contributed by atoms with van der Waals surface area (Å²) in [6, 6.07) is -1.22. The minimum atomic E-state index is -1.85. The lowest BCUT2D eigenvalue weighted by Gasteiger charge is -2.38. The fraction of sp³-hybridized carbons (Fsp3) is 0.875. The summed E-state index contributed by atoms with van der Waals surface area (Å²) in [6.45, 7) is 0.521. The quantitative estimate of drug-likeness (QED) is 0.430. The van der Waals surface area contributed by atoms with Gasteiger partial charge in [-0.15, -0.1) is 0 Å². The summed E-state index contributed by atoms with van der Waals surface area (Å²) >= 11 is 0. The Morgan fingerprint density at radius 2 is 2.13 bits per heavy atom. The van der Waals surface area contributed by atoms with E-state index >= 15 is 0 Å². The van der Waals surface area contributed by atoms with Gasteiger partial charge in [0.1, 0.15) is 18.2 Å². The van der Waals surface area contributed by atoms with Crippen molar-refractivity contribution in [3.8, 4) is 0 Å². The Kier molecular flexibility index (Phi) is 3.97. The van der Waals surface area contributed by atoms with Gasteiger partial charge in [0.05, 0.1) is 6.61 Å². The van der Waals surface area contributed by atoms with Crippen molar-refractivity contribution in [2.45, 2.75) is 37.6 Å². The number of alkyl halides is 1. The molecule has 1 aliphatic heterocycles. The Hall–Kier alpha value is -0.760. The van der Waals surface area contributed by atoms with Crippen LogP contribution < -0.4 is 5.32 Å². The number of aliphatic hydroxyl groups is 3. The van der Waals surface area contributed by atoms with Crippen molar-refractivity contribution in [3.63, 3.8) is 0 Å². The molecule has 0 bridgehead atoms. The Morgan fingerprint density at radius 1 is 1.53 bits per heavy atom. The molecule has 1 aliphatic rings. The number of carbonyl (C=O) groups is 1. The zero-order valence-electron chi connectivity index (χ0n) is 8.13. The van der Waals surface area contributed by atoms with Gasteiger partial charge in [0.25, 0.3) is 0 Å². The van der Waals surface area contributed by atoms with E-state index in [2.05, 4.69) is 10.1 Å². The number of hydrogen-bond acceptors (Lipinski definition) is 5. The van der Waals surface area contributed by atoms with Gasteiger partial charge in [-0.2, -0.15) is 0 Å². The third-order valence-corrected chi connectivity index (χ3v) is 2.22. The van der Waals surface area contributed by atoms with Crippen LogP contribution in [0.15, 0.2) is 0 Å². The summed E-state index contributed by atoms with van der Waals surface area (Å²) < 4.78 is 18.0. The highest BCUT2D eigenvalue weighted by Crippen LogP contribution is 2.22. The van der Waals surface area contributed by atoms with Gasteiger partial charge < -0.3 is 25.4 Å². The molecule has 88 valence electrons. The molecule has 5 atom stereocenters. The van der Waals surface area contributed by atoms with Gasteiger partial charge in [0, 0.05) is 6.92 Å². The van der Waals surface area contributed by atoms with E-state index in [4.69, 9.17) is 5.11 Å². The Labute approximate surface area is 85.7 Å². The van der Waals surface area contributed by atoms with E-state index in [1.165, 1.54) is 6.92 Å². The third-order valence-electron chi connectivity index (χ3n) is 2.22. The van der Waals surface area contributed by atoms with Crippen molar-refractivity contribution >= 4 is 5.91 Å². The van der Waals surface area contributed by atoms with Gasteiger partial charge in [0.15, 0.2) is 12.5 Å². The van der Waals surface area contributed by atoms with Gasteiger partial charge in [-0.3, -0.25) is 4.79 Å². The van der Waals surface area contributed by atoms with Crippen molar-refractivity contribution < 1.29 is 29.2 Å². The molecule has 1 heterocycles. The zero-order chi connectivity index (χ0) is 11.6. The molecule has 1 fully saturated rings. The number of aliphatic hydroxyl groups excluding tert-OH is 3. The lowest BCUT2D eigenvalue weighted by molar-refractivity contribution is -0.240. The monoisotopic (exact) mass is 223 g/mol. The lowest BCUT2D eigenvalue weighted by atomic mass is 9.98. The highest BCUT2D eigenvalue weighted by molar-refractivity contribution is 5.73. The summed E-state index contributed by atoms with van der Waals surface area (Å²) in [4.78, 5) is 10.7. The molecule has 0 spiro atoms. The molecule has 1 rings (SSSR count). The number of ether oxygens (including phenoxy) is 1. The average Bonchev–Trinajstić information content (AvgIpc) is 2.18. The van der Waals surface area contributed by atoms with Crippen LogP contribution >= 0.6 is 0 Å². The first-order chi connectivity index (χ1) is 6.97. The van der Waals surface area contributed by atoms with Crippen molar-refractivity contribution in [1.82, 2.24) is 5.32 Å². The molecule has 1 saturated heterocycles. The largest absolute Gasteiger partial charge is 0.394 e. The van der Waals surface area contributed by atoms with E-state index in [1.807, 2.05) is 0 Å². The Balaban J connectivity index is 2.70. The van der Waals surface area contributed by atoms with Gasteiger partial charge in [-0.25, -0.2) is 4.39 Å². The molecule has 1 amide bonds. The maximum absolute atomic E-state index is 13.3. The first-order valence-electron chi connectivity index (χ1n) is 4.51. The molecule has 0 radical (unpaired) electrons. The van der Waals surface area contributed by atoms with Crippen molar-refractivity contribution in [1.29, 1.82) is 0 Å². The highest BCUT2D eigenvalue weighted by atomic mass is 19.1. The van der Waals surface area contributed by atoms with Crippen LogP contribution in [0.3, 0.4) is 0 Å². The van der Waals surface area contributed by atoms with Crippen LogP contribution in [-0.4, -0.2) is 58.5 Å². The van der Waals surface area contributed by atoms with E-state index in [9.17, 15) is 19.4 Å². The van der Waals surface area contributed by atoms with Crippen LogP contribution in [0.1, 0.15) is 6.92 Å². The summed E-state index contributed by atoms with van der Waals surface area (Å²) in [5.41, 5.74) is 0. The van der Waals surface area contributed by atoms with Crippen LogP contribution in [0.25, 0.3) is 0 Å². The normalized spacial score (nSPS) is 41.3. The maximum atomic E-state index is 13.3. The van der Waals surface area contributed by atoms with Crippen LogP contribution in [-0.2, 0) is 9.53 Å². The summed E-state index contributed by atoms with van der Waals surface area (Å²) in [5.74, 6) is -0.517. The second kappa shape index (κ2) is 4.84. The highest BCUT2D eigenvalue weighted by Gasteiger charge is 2.45. The first kappa shape index (κ1) is 12.3. The molecule has 6 nitrogen and oxygen atoms in total. The van der Waals surface area contributed by atoms with E-state index in [0.29, 0.717) is 0 Å². The fourth-order valence-electron chi connectivity index (χ4n) is 1.46. The van der Waals surface area contributed by atoms with Crippen molar-refractivity contribution in [2.75, 3.05) is 6.61 Å². The van der Waals surface area contributed by atoms with Gasteiger partial charge in [0.2, 0.25) is 5.91 Å². The number of rotatable bonds is 2. The van der Waals surface area contributed by atoms with Crippen LogP contribution in [0, 0.1) is 0 Å². The SMILES string of the molecule is CC(=O)NC1C(O)[C@H](F)C(CO)O[C@H]1O. The Bertz CT molecular complexity index is 239. The lowest BCUT2D eigenvalue weighted by Crippen LogP contribution is -2.62. The Morgan fingerprint density at radius 3 is 2.60 bits per heavy atom. The standard InChI is InChI=1S/C8H14FNO5/c1-3(12)10-6-7(13)5(9)4(2-11)15-8(6)14/h4-8,11,13-14H,2H2,1H3,(H,10,12)/t4?,5-,6?,7?,8-/m1/s1. The second-order valence-corrected chi connectivity index (χ2v) is 3.41. The predicted octanol–water partition coefficient (Wildman–Crippen LogP) is -2.10. The van der Waals surface area contributed by atoms with Crippen LogP contribution in [0.4, 0.5) is 4.39 Å². The second-order valence-electron chi connectivity index (χ2n) is 3.41. The van der Waals surface area contributed by atoms with Gasteiger partial charge in [-0.1, -0.05) is 0 Å². The predicted molar refractivity (Wildman–Crippen MR) is 46.5 cm³/mol. The molecule has 7 heteroatoms. The third kappa shape index (κ3) is 2.63. The fourth-order valence-corrected chi connectivity index (χ4v) is 1.46. The minimum absolute atomic E-state index is 0.517. The number of amides is 1. The smallest absolute Gasteiger partial charge is 0.217 e. The molecule has 0 aromatic carbocycles. The molecule has 4 N–H and O–H groups in total. The summed E-state index contributed by atoms with van der Waals surface area (Å²) in [5, 5.41) is 29.6. The molecular weight excluding hydrogens is 209 g/mol. The van der Waals surface area contributed by atoms with Crippen molar-refractivity contribution in [3.05, 3.63) is 0 Å². The molecule has 0 aromatic heterocycles. The first-order valence-corrected chi connectivity index (χ1v) is 4.51. The van der Waals surface area contributed by atoms with E-state index in [1.54, 1.807) is 0 Å². The topological polar surface area (TPSA) is 99.0 Å². The van der Waals surface area contributed by atoms with Crippen LogP contribution in [0.2, 0.25) is 0 Å². The summed E-state index contributed by atoms with van der Waals surface area (Å²) in [6.07, 6.45) is -6.27. The number of halogens is 1. The average molecular weight is 223 g/mol. The molecule has 0 aliphatic carbocycles. The van der Waals surface area contributed by atoms with E-state index < -0.39 is 43.2 Å². The maximum Gasteiger partial charge on any atom is 0.217 e. The molecule has 0 saturated carbocycles. The van der Waals surface area contributed by atoms with E-state index in [0.717, 1.165) is 0 Å². The number of hydrogen-bond donors (Lipinski definition) is 4.